The Balaban J connectivity index is 1.34. The maximum atomic E-state index is 13.1. The second-order valence-corrected chi connectivity index (χ2v) is 9.40. The van der Waals surface area contributed by atoms with Crippen LogP contribution < -0.4 is 9.80 Å². The summed E-state index contributed by atoms with van der Waals surface area (Å²) in [7, 11) is 0. The van der Waals surface area contributed by atoms with Crippen LogP contribution in [0.3, 0.4) is 0 Å². The van der Waals surface area contributed by atoms with Crippen LogP contribution in [0.1, 0.15) is 36.3 Å². The van der Waals surface area contributed by atoms with E-state index in [1.165, 1.54) is 5.69 Å². The molecule has 2 saturated heterocycles. The predicted molar refractivity (Wildman–Crippen MR) is 125 cm³/mol. The normalized spacial score (nSPS) is 18.7. The van der Waals surface area contributed by atoms with Gasteiger partial charge in [0.1, 0.15) is 0 Å². The summed E-state index contributed by atoms with van der Waals surface area (Å²) < 4.78 is 0. The van der Waals surface area contributed by atoms with E-state index in [9.17, 15) is 4.79 Å². The van der Waals surface area contributed by atoms with Gasteiger partial charge < -0.3 is 14.7 Å². The molecule has 2 aromatic rings. The highest BCUT2D eigenvalue weighted by atomic mass is 32.1. The van der Waals surface area contributed by atoms with Gasteiger partial charge in [0, 0.05) is 75.0 Å². The number of aryl methyl sites for hydroxylation is 1. The van der Waals surface area contributed by atoms with Gasteiger partial charge in [0.25, 0.3) is 5.91 Å². The summed E-state index contributed by atoms with van der Waals surface area (Å²) >= 11 is 1.69. The Labute approximate surface area is 184 Å². The second kappa shape index (κ2) is 9.35. The molecule has 1 aromatic carbocycles. The van der Waals surface area contributed by atoms with E-state index in [4.69, 9.17) is 0 Å². The largest absolute Gasteiger partial charge is 0.369 e. The summed E-state index contributed by atoms with van der Waals surface area (Å²) in [5, 5.41) is 3.16. The molecule has 0 aliphatic carbocycles. The predicted octanol–water partition coefficient (Wildman–Crippen LogP) is 3.33. The Morgan fingerprint density at radius 3 is 2.27 bits per heavy atom. The summed E-state index contributed by atoms with van der Waals surface area (Å²) in [5.74, 6) is 0.142. The lowest BCUT2D eigenvalue weighted by Gasteiger charge is -2.38. The van der Waals surface area contributed by atoms with Crippen LogP contribution in [-0.2, 0) is 0 Å². The molecule has 0 spiro atoms. The van der Waals surface area contributed by atoms with Crippen molar-refractivity contribution in [1.29, 1.82) is 0 Å². The van der Waals surface area contributed by atoms with E-state index < -0.39 is 0 Å². The van der Waals surface area contributed by atoms with Crippen LogP contribution in [0.4, 0.5) is 10.8 Å². The Hall–Kier alpha value is -2.12. The van der Waals surface area contributed by atoms with Crippen molar-refractivity contribution in [3.05, 3.63) is 40.9 Å². The Morgan fingerprint density at radius 2 is 1.63 bits per heavy atom. The smallest absolute Gasteiger partial charge is 0.253 e. The quantitative estimate of drug-likeness (QED) is 0.749. The van der Waals surface area contributed by atoms with Gasteiger partial charge in [-0.05, 0) is 51.5 Å². The number of carbonyl (C=O) groups is 1. The molecule has 30 heavy (non-hydrogen) atoms. The number of carbonyl (C=O) groups excluding carboxylic acids is 1. The third-order valence-corrected chi connectivity index (χ3v) is 7.20. The molecule has 162 valence electrons. The third-order valence-electron chi connectivity index (χ3n) is 6.18. The summed E-state index contributed by atoms with van der Waals surface area (Å²) in [6.07, 6.45) is 0.975. The number of rotatable bonds is 4. The lowest BCUT2D eigenvalue weighted by Crippen LogP contribution is -2.48. The summed E-state index contributed by atoms with van der Waals surface area (Å²) in [6, 6.07) is 8.83. The molecule has 0 N–H and O–H groups in total. The molecule has 6 nitrogen and oxygen atoms in total. The van der Waals surface area contributed by atoms with E-state index in [2.05, 4.69) is 51.0 Å². The van der Waals surface area contributed by atoms with E-state index in [0.717, 1.165) is 75.2 Å². The number of benzene rings is 1. The number of nitrogens with zero attached hydrogens (tertiary/aromatic N) is 5. The zero-order chi connectivity index (χ0) is 21.1. The summed E-state index contributed by atoms with van der Waals surface area (Å²) in [5.41, 5.74) is 3.08. The van der Waals surface area contributed by atoms with Crippen LogP contribution in [0.5, 0.6) is 0 Å². The van der Waals surface area contributed by atoms with Crippen LogP contribution in [-0.4, -0.2) is 79.1 Å². The van der Waals surface area contributed by atoms with Gasteiger partial charge in [0.05, 0.1) is 5.69 Å². The highest BCUT2D eigenvalue weighted by molar-refractivity contribution is 7.13. The van der Waals surface area contributed by atoms with Gasteiger partial charge in [-0.1, -0.05) is 0 Å². The number of thiazole rings is 1. The van der Waals surface area contributed by atoms with Crippen LogP contribution >= 0.6 is 11.3 Å². The molecule has 0 atom stereocenters. The Bertz CT molecular complexity index is 842. The van der Waals surface area contributed by atoms with Gasteiger partial charge in [-0.15, -0.1) is 11.3 Å². The average molecular weight is 428 g/mol. The van der Waals surface area contributed by atoms with Crippen LogP contribution in [0.25, 0.3) is 0 Å². The van der Waals surface area contributed by atoms with Gasteiger partial charge in [0.15, 0.2) is 5.13 Å². The first-order valence-corrected chi connectivity index (χ1v) is 11.9. The lowest BCUT2D eigenvalue weighted by molar-refractivity contribution is 0.0767. The molecule has 2 aliphatic rings. The number of hydrogen-bond acceptors (Lipinski definition) is 6. The first kappa shape index (κ1) is 21.1. The number of hydrogen-bond donors (Lipinski definition) is 0. The number of piperazine rings is 1. The molecule has 2 aliphatic heterocycles. The molecule has 0 bridgehead atoms. The van der Waals surface area contributed by atoms with E-state index in [1.54, 1.807) is 11.3 Å². The minimum absolute atomic E-state index is 0.142. The number of anilines is 2. The lowest BCUT2D eigenvalue weighted by atomic mass is 10.1. The van der Waals surface area contributed by atoms with Crippen molar-refractivity contribution in [3.8, 4) is 0 Å². The van der Waals surface area contributed by atoms with Gasteiger partial charge >= 0.3 is 0 Å². The van der Waals surface area contributed by atoms with Crippen molar-refractivity contribution in [1.82, 2.24) is 14.8 Å². The highest BCUT2D eigenvalue weighted by Crippen LogP contribution is 2.23. The van der Waals surface area contributed by atoms with Crippen LogP contribution in [0.15, 0.2) is 29.6 Å². The molecular formula is C23H33N5OS. The van der Waals surface area contributed by atoms with Crippen LogP contribution in [0, 0.1) is 6.92 Å². The summed E-state index contributed by atoms with van der Waals surface area (Å²) in [4.78, 5) is 26.9. The van der Waals surface area contributed by atoms with E-state index in [1.807, 2.05) is 24.0 Å². The average Bonchev–Trinajstić information content (AvgIpc) is 3.05. The summed E-state index contributed by atoms with van der Waals surface area (Å²) in [6.45, 7) is 14.2. The van der Waals surface area contributed by atoms with Gasteiger partial charge in [-0.3, -0.25) is 9.69 Å². The van der Waals surface area contributed by atoms with Crippen molar-refractivity contribution in [2.45, 2.75) is 33.2 Å². The van der Waals surface area contributed by atoms with Crippen molar-refractivity contribution >= 4 is 28.1 Å². The Morgan fingerprint density at radius 1 is 0.933 bits per heavy atom. The standard InChI is InChI=1S/C23H33N5OS/c1-18(2)25-11-13-26(14-12-25)21-7-5-20(6-8-21)22(29)27-9-4-10-28(16-15-27)23-24-19(3)17-30-23/h5-8,17-18H,4,9-16H2,1-3H3. The molecule has 1 aromatic heterocycles. The molecular weight excluding hydrogens is 394 g/mol. The first-order valence-electron chi connectivity index (χ1n) is 11.1. The second-order valence-electron chi connectivity index (χ2n) is 8.57. The molecule has 0 radical (unpaired) electrons. The minimum Gasteiger partial charge on any atom is -0.369 e. The molecule has 4 rings (SSSR count). The molecule has 3 heterocycles. The van der Waals surface area contributed by atoms with Gasteiger partial charge in [-0.2, -0.15) is 0 Å². The van der Waals surface area contributed by atoms with E-state index in [-0.39, 0.29) is 5.91 Å². The van der Waals surface area contributed by atoms with Crippen molar-refractivity contribution in [2.24, 2.45) is 0 Å². The number of aromatic nitrogens is 1. The van der Waals surface area contributed by atoms with E-state index >= 15 is 0 Å². The zero-order valence-corrected chi connectivity index (χ0v) is 19.2. The zero-order valence-electron chi connectivity index (χ0n) is 18.4. The van der Waals surface area contributed by atoms with Gasteiger partial charge in [-0.25, -0.2) is 4.98 Å². The van der Waals surface area contributed by atoms with Crippen molar-refractivity contribution in [2.75, 3.05) is 62.2 Å². The monoisotopic (exact) mass is 427 g/mol. The minimum atomic E-state index is 0.142. The molecule has 1 amide bonds. The maximum Gasteiger partial charge on any atom is 0.253 e. The Kier molecular flexibility index (Phi) is 6.58. The van der Waals surface area contributed by atoms with Crippen LogP contribution in [0.2, 0.25) is 0 Å². The molecule has 0 unspecified atom stereocenters. The number of amides is 1. The van der Waals surface area contributed by atoms with Crippen molar-refractivity contribution < 1.29 is 4.79 Å². The van der Waals surface area contributed by atoms with E-state index in [0.29, 0.717) is 6.04 Å². The van der Waals surface area contributed by atoms with Gasteiger partial charge in [0.2, 0.25) is 0 Å². The highest BCUT2D eigenvalue weighted by Gasteiger charge is 2.23. The molecule has 7 heteroatoms. The fourth-order valence-corrected chi connectivity index (χ4v) is 5.15. The SMILES string of the molecule is Cc1csc(N2CCCN(C(=O)c3ccc(N4CCN(C(C)C)CC4)cc3)CC2)n1. The topological polar surface area (TPSA) is 42.9 Å². The fraction of sp³-hybridized carbons (Fsp3) is 0.565. The maximum absolute atomic E-state index is 13.1. The fourth-order valence-electron chi connectivity index (χ4n) is 4.29. The molecule has 0 saturated carbocycles. The van der Waals surface area contributed by atoms with Crippen molar-refractivity contribution in [3.63, 3.8) is 0 Å². The molecule has 2 fully saturated rings. The first-order chi connectivity index (χ1) is 14.5. The third kappa shape index (κ3) is 4.78.